The molecule has 3 rings (SSSR count). The van der Waals surface area contributed by atoms with Gasteiger partial charge in [0.1, 0.15) is 11.8 Å². The van der Waals surface area contributed by atoms with Crippen molar-refractivity contribution in [3.05, 3.63) is 52.0 Å². The number of amides is 2. The second kappa shape index (κ2) is 8.95. The number of aromatic hydroxyl groups is 1. The van der Waals surface area contributed by atoms with Crippen LogP contribution < -0.4 is 20.2 Å². The molecule has 2 aromatic carbocycles. The molecule has 2 aromatic rings. The Morgan fingerprint density at radius 2 is 1.93 bits per heavy atom. The number of halogens is 1. The van der Waals surface area contributed by atoms with Gasteiger partial charge in [-0.2, -0.15) is 5.10 Å². The minimum absolute atomic E-state index is 0.109. The number of benzene rings is 2. The highest BCUT2D eigenvalue weighted by molar-refractivity contribution is 9.10. The van der Waals surface area contributed by atoms with Crippen LogP contribution >= 0.6 is 15.9 Å². The van der Waals surface area contributed by atoms with Crippen LogP contribution in [0, 0.1) is 5.92 Å². The lowest BCUT2D eigenvalue weighted by Gasteiger charge is -2.20. The maximum atomic E-state index is 12.6. The van der Waals surface area contributed by atoms with E-state index in [9.17, 15) is 14.7 Å². The first-order chi connectivity index (χ1) is 13.8. The molecule has 0 spiro atoms. The standard InChI is InChI=1S/C20H20BrN3O5/c1-11(2)18(20(27)24-22-9-12-3-5-15(25)14(21)7-12)23-19(26)13-4-6-16-17(8-13)29-10-28-16/h3-9,11,18,25H,10H2,1-2H3,(H,23,26)(H,24,27)/b22-9-/t18-/m1/s1. The highest BCUT2D eigenvalue weighted by Gasteiger charge is 2.25. The third-order valence-corrected chi connectivity index (χ3v) is 4.87. The van der Waals surface area contributed by atoms with E-state index in [4.69, 9.17) is 9.47 Å². The molecule has 152 valence electrons. The minimum atomic E-state index is -0.781. The molecule has 1 heterocycles. The summed E-state index contributed by atoms with van der Waals surface area (Å²) in [5.41, 5.74) is 3.49. The van der Waals surface area contributed by atoms with Crippen molar-refractivity contribution >= 4 is 34.0 Å². The van der Waals surface area contributed by atoms with Gasteiger partial charge in [0.25, 0.3) is 11.8 Å². The highest BCUT2D eigenvalue weighted by atomic mass is 79.9. The maximum absolute atomic E-state index is 12.6. The molecule has 0 aliphatic carbocycles. The van der Waals surface area contributed by atoms with Crippen LogP contribution in [-0.2, 0) is 4.79 Å². The van der Waals surface area contributed by atoms with Crippen LogP contribution in [0.3, 0.4) is 0 Å². The zero-order chi connectivity index (χ0) is 21.0. The van der Waals surface area contributed by atoms with Gasteiger partial charge in [0.05, 0.1) is 10.7 Å². The number of nitrogens with zero attached hydrogens (tertiary/aromatic N) is 1. The van der Waals surface area contributed by atoms with Gasteiger partial charge in [-0.1, -0.05) is 13.8 Å². The molecule has 0 saturated carbocycles. The van der Waals surface area contributed by atoms with E-state index in [1.165, 1.54) is 12.3 Å². The van der Waals surface area contributed by atoms with Crippen LogP contribution in [-0.4, -0.2) is 36.0 Å². The third-order valence-electron chi connectivity index (χ3n) is 4.23. The molecule has 0 aromatic heterocycles. The predicted octanol–water partition coefficient (Wildman–Crippen LogP) is 2.79. The molecule has 3 N–H and O–H groups in total. The molecule has 0 fully saturated rings. The summed E-state index contributed by atoms with van der Waals surface area (Å²) < 4.78 is 11.0. The maximum Gasteiger partial charge on any atom is 0.262 e. The van der Waals surface area contributed by atoms with E-state index < -0.39 is 17.9 Å². The van der Waals surface area contributed by atoms with Crippen LogP contribution in [0.2, 0.25) is 0 Å². The van der Waals surface area contributed by atoms with Crippen LogP contribution in [0.4, 0.5) is 0 Å². The molecule has 0 radical (unpaired) electrons. The first-order valence-electron chi connectivity index (χ1n) is 8.87. The van der Waals surface area contributed by atoms with E-state index in [0.29, 0.717) is 27.1 Å². The van der Waals surface area contributed by atoms with Gasteiger partial charge in [-0.15, -0.1) is 0 Å². The number of fused-ring (bicyclic) bond motifs is 1. The van der Waals surface area contributed by atoms with Gasteiger partial charge >= 0.3 is 0 Å². The quantitative estimate of drug-likeness (QED) is 0.452. The summed E-state index contributed by atoms with van der Waals surface area (Å²) in [7, 11) is 0. The van der Waals surface area contributed by atoms with Crippen molar-refractivity contribution in [2.24, 2.45) is 11.0 Å². The zero-order valence-corrected chi connectivity index (χ0v) is 17.4. The topological polar surface area (TPSA) is 109 Å². The lowest BCUT2D eigenvalue weighted by atomic mass is 10.0. The van der Waals surface area contributed by atoms with E-state index in [1.807, 2.05) is 13.8 Å². The Labute approximate surface area is 176 Å². The molecule has 1 aliphatic heterocycles. The summed E-state index contributed by atoms with van der Waals surface area (Å²) in [6, 6.07) is 8.88. The van der Waals surface area contributed by atoms with Crippen molar-refractivity contribution in [1.29, 1.82) is 0 Å². The van der Waals surface area contributed by atoms with Gasteiger partial charge in [0.15, 0.2) is 11.5 Å². The molecule has 1 aliphatic rings. The lowest BCUT2D eigenvalue weighted by Crippen LogP contribution is -2.48. The van der Waals surface area contributed by atoms with Gasteiger partial charge in [-0.05, 0) is 63.8 Å². The van der Waals surface area contributed by atoms with E-state index in [2.05, 4.69) is 31.8 Å². The fraction of sp³-hybridized carbons (Fsp3) is 0.250. The molecular weight excluding hydrogens is 442 g/mol. The molecule has 0 saturated heterocycles. The van der Waals surface area contributed by atoms with Crippen LogP contribution in [0.15, 0.2) is 46.0 Å². The first-order valence-corrected chi connectivity index (χ1v) is 9.66. The average Bonchev–Trinajstić information content (AvgIpc) is 3.16. The van der Waals surface area contributed by atoms with E-state index in [0.717, 1.165) is 0 Å². The number of nitrogens with one attached hydrogen (secondary N) is 2. The number of hydrogen-bond donors (Lipinski definition) is 3. The second-order valence-electron chi connectivity index (χ2n) is 6.71. The molecular formula is C20H20BrN3O5. The summed E-state index contributed by atoms with van der Waals surface area (Å²) in [5, 5.41) is 16.2. The smallest absolute Gasteiger partial charge is 0.262 e. The van der Waals surface area contributed by atoms with E-state index in [1.54, 1.807) is 30.3 Å². The molecule has 29 heavy (non-hydrogen) atoms. The molecule has 1 atom stereocenters. The van der Waals surface area contributed by atoms with Gasteiger partial charge in [0, 0.05) is 5.56 Å². The number of hydrogen-bond acceptors (Lipinski definition) is 6. The Balaban J connectivity index is 1.64. The van der Waals surface area contributed by atoms with Gasteiger partial charge < -0.3 is 19.9 Å². The Morgan fingerprint density at radius 1 is 1.17 bits per heavy atom. The number of carbonyl (C=O) groups is 2. The summed E-state index contributed by atoms with van der Waals surface area (Å²) in [6.07, 6.45) is 1.44. The largest absolute Gasteiger partial charge is 0.507 e. The number of rotatable bonds is 6. The van der Waals surface area contributed by atoms with Gasteiger partial charge in [-0.25, -0.2) is 5.43 Å². The highest BCUT2D eigenvalue weighted by Crippen LogP contribution is 2.32. The number of ether oxygens (including phenoxy) is 2. The summed E-state index contributed by atoms with van der Waals surface area (Å²) in [5.74, 6) is 0.179. The van der Waals surface area contributed by atoms with Crippen molar-refractivity contribution in [2.45, 2.75) is 19.9 Å². The summed E-state index contributed by atoms with van der Waals surface area (Å²) in [4.78, 5) is 25.1. The minimum Gasteiger partial charge on any atom is -0.507 e. The molecule has 0 unspecified atom stereocenters. The van der Waals surface area contributed by atoms with Crippen molar-refractivity contribution in [2.75, 3.05) is 6.79 Å². The molecule has 0 bridgehead atoms. The van der Waals surface area contributed by atoms with Crippen molar-refractivity contribution < 1.29 is 24.2 Å². The fourth-order valence-electron chi connectivity index (χ4n) is 2.64. The number of phenolic OH excluding ortho intramolecular Hbond substituents is 1. The number of hydrazone groups is 1. The Bertz CT molecular complexity index is 961. The first kappa shape index (κ1) is 20.7. The lowest BCUT2D eigenvalue weighted by molar-refractivity contribution is -0.123. The molecule has 2 amide bonds. The SMILES string of the molecule is CC(C)[C@@H](NC(=O)c1ccc2c(c1)OCO2)C(=O)N/N=C\c1ccc(O)c(Br)c1. The second-order valence-corrected chi connectivity index (χ2v) is 7.56. The fourth-order valence-corrected chi connectivity index (χ4v) is 3.04. The van der Waals surface area contributed by atoms with Crippen molar-refractivity contribution in [3.8, 4) is 17.2 Å². The van der Waals surface area contributed by atoms with Crippen LogP contribution in [0.5, 0.6) is 17.2 Å². The Hall–Kier alpha value is -3.07. The van der Waals surface area contributed by atoms with Crippen LogP contribution in [0.25, 0.3) is 0 Å². The number of phenols is 1. The summed E-state index contributed by atoms with van der Waals surface area (Å²) >= 11 is 3.21. The van der Waals surface area contributed by atoms with Crippen molar-refractivity contribution in [1.82, 2.24) is 10.7 Å². The van der Waals surface area contributed by atoms with Crippen LogP contribution in [0.1, 0.15) is 29.8 Å². The normalized spacial score (nSPS) is 13.5. The Morgan fingerprint density at radius 3 is 2.66 bits per heavy atom. The van der Waals surface area contributed by atoms with E-state index in [-0.39, 0.29) is 18.5 Å². The Kier molecular flexibility index (Phi) is 6.38. The average molecular weight is 462 g/mol. The monoisotopic (exact) mass is 461 g/mol. The zero-order valence-electron chi connectivity index (χ0n) is 15.8. The molecule has 8 nitrogen and oxygen atoms in total. The van der Waals surface area contributed by atoms with Crippen molar-refractivity contribution in [3.63, 3.8) is 0 Å². The molecule has 9 heteroatoms. The third kappa shape index (κ3) is 5.05. The van der Waals surface area contributed by atoms with Gasteiger partial charge in [-0.3, -0.25) is 9.59 Å². The van der Waals surface area contributed by atoms with E-state index >= 15 is 0 Å². The predicted molar refractivity (Wildman–Crippen MR) is 110 cm³/mol. The number of carbonyl (C=O) groups excluding carboxylic acids is 2. The van der Waals surface area contributed by atoms with Gasteiger partial charge in [0.2, 0.25) is 6.79 Å². The summed E-state index contributed by atoms with van der Waals surface area (Å²) in [6.45, 7) is 3.77.